The summed E-state index contributed by atoms with van der Waals surface area (Å²) in [6.07, 6.45) is 2.92. The maximum absolute atomic E-state index is 12.3. The van der Waals surface area contributed by atoms with E-state index in [9.17, 15) is 9.59 Å². The van der Waals surface area contributed by atoms with Gasteiger partial charge in [0.25, 0.3) is 11.8 Å². The van der Waals surface area contributed by atoms with Crippen molar-refractivity contribution in [1.82, 2.24) is 4.98 Å². The van der Waals surface area contributed by atoms with Gasteiger partial charge in [0, 0.05) is 18.1 Å². The van der Waals surface area contributed by atoms with Crippen LogP contribution in [-0.2, 0) is 0 Å². The highest BCUT2D eigenvalue weighted by Gasteiger charge is 2.37. The molecule has 0 radical (unpaired) electrons. The van der Waals surface area contributed by atoms with Gasteiger partial charge >= 0.3 is 0 Å². The van der Waals surface area contributed by atoms with Gasteiger partial charge in [0.15, 0.2) is 0 Å². The predicted octanol–water partition coefficient (Wildman–Crippen LogP) is 1.77. The number of carbonyl (C=O) groups excluding carboxylic acids is 2. The van der Waals surface area contributed by atoms with E-state index in [-0.39, 0.29) is 11.8 Å². The Morgan fingerprint density at radius 3 is 2.53 bits per heavy atom. The maximum atomic E-state index is 12.3. The third-order valence-corrected chi connectivity index (χ3v) is 3.15. The summed E-state index contributed by atoms with van der Waals surface area (Å²) >= 11 is 0. The van der Waals surface area contributed by atoms with Crippen LogP contribution in [-0.4, -0.2) is 16.8 Å². The van der Waals surface area contributed by atoms with Crippen LogP contribution in [0.3, 0.4) is 0 Å². The number of nitrogens with zero attached hydrogens (tertiary/aromatic N) is 2. The van der Waals surface area contributed by atoms with Gasteiger partial charge in [-0.05, 0) is 36.8 Å². The molecule has 0 unspecified atom stereocenters. The molecule has 0 atom stereocenters. The fraction of sp³-hybridized carbons (Fsp3) is 0.0714. The second-order valence-corrected chi connectivity index (χ2v) is 4.41. The number of aromatic nitrogens is 1. The first-order chi connectivity index (χ1) is 9.09. The normalized spacial score (nSPS) is 13.8. The first-order valence-electron chi connectivity index (χ1n) is 5.78. The molecule has 0 saturated carbocycles. The molecule has 1 aromatic heterocycles. The summed E-state index contributed by atoms with van der Waals surface area (Å²) in [7, 11) is 0. The Labute approximate surface area is 109 Å². The molecule has 94 valence electrons. The minimum atomic E-state index is -0.346. The Bertz CT molecular complexity index is 675. The Balaban J connectivity index is 2.14. The molecule has 0 bridgehead atoms. The van der Waals surface area contributed by atoms with Gasteiger partial charge in [0.05, 0.1) is 16.8 Å². The molecule has 1 aliphatic rings. The fourth-order valence-corrected chi connectivity index (χ4v) is 2.23. The highest BCUT2D eigenvalue weighted by Crippen LogP contribution is 2.30. The smallest absolute Gasteiger partial charge is 0.267 e. The number of hydrogen-bond donors (Lipinski definition) is 1. The van der Waals surface area contributed by atoms with Crippen LogP contribution in [0.1, 0.15) is 26.3 Å². The summed E-state index contributed by atoms with van der Waals surface area (Å²) in [5.74, 6) is -0.670. The van der Waals surface area contributed by atoms with Crippen molar-refractivity contribution in [1.29, 1.82) is 0 Å². The quantitative estimate of drug-likeness (QED) is 0.620. The van der Waals surface area contributed by atoms with Crippen molar-refractivity contribution in [2.24, 2.45) is 0 Å². The van der Waals surface area contributed by atoms with Crippen molar-refractivity contribution in [2.75, 3.05) is 10.6 Å². The number of aryl methyl sites for hydroxylation is 1. The molecule has 1 aromatic carbocycles. The molecule has 2 N–H and O–H groups in total. The third kappa shape index (κ3) is 1.59. The molecule has 0 spiro atoms. The van der Waals surface area contributed by atoms with Crippen LogP contribution in [0, 0.1) is 6.92 Å². The van der Waals surface area contributed by atoms with E-state index in [1.165, 1.54) is 17.3 Å². The van der Waals surface area contributed by atoms with Gasteiger partial charge in [0.2, 0.25) is 0 Å². The number of fused-ring (bicyclic) bond motifs is 1. The lowest BCUT2D eigenvalue weighted by Gasteiger charge is -2.16. The Morgan fingerprint density at radius 1 is 1.11 bits per heavy atom. The van der Waals surface area contributed by atoms with Gasteiger partial charge in [-0.3, -0.25) is 14.6 Å². The molecule has 2 amide bonds. The van der Waals surface area contributed by atoms with E-state index in [1.54, 1.807) is 24.3 Å². The summed E-state index contributed by atoms with van der Waals surface area (Å²) in [5.41, 5.74) is 8.34. The highest BCUT2D eigenvalue weighted by molar-refractivity contribution is 6.34. The summed E-state index contributed by atoms with van der Waals surface area (Å²) in [6.45, 7) is 1.81. The topological polar surface area (TPSA) is 76.3 Å². The molecule has 2 heterocycles. The van der Waals surface area contributed by atoms with E-state index < -0.39 is 0 Å². The first-order valence-corrected chi connectivity index (χ1v) is 5.78. The highest BCUT2D eigenvalue weighted by atomic mass is 16.2. The molecule has 0 fully saturated rings. The molecule has 19 heavy (non-hydrogen) atoms. The zero-order valence-corrected chi connectivity index (χ0v) is 10.3. The molecular weight excluding hydrogens is 242 g/mol. The number of imide groups is 1. The fourth-order valence-electron chi connectivity index (χ4n) is 2.23. The summed E-state index contributed by atoms with van der Waals surface area (Å²) in [6, 6.07) is 6.64. The molecule has 0 aliphatic carbocycles. The van der Waals surface area contributed by atoms with Crippen LogP contribution in [0.5, 0.6) is 0 Å². The number of nitrogen functional groups attached to an aromatic ring is 1. The number of carbonyl (C=O) groups is 2. The van der Waals surface area contributed by atoms with Crippen molar-refractivity contribution in [3.05, 3.63) is 53.3 Å². The molecule has 1 aliphatic heterocycles. The monoisotopic (exact) mass is 253 g/mol. The van der Waals surface area contributed by atoms with Crippen molar-refractivity contribution >= 4 is 23.2 Å². The number of rotatable bonds is 1. The predicted molar refractivity (Wildman–Crippen MR) is 71.0 cm³/mol. The van der Waals surface area contributed by atoms with Gasteiger partial charge in [-0.25, -0.2) is 4.90 Å². The zero-order chi connectivity index (χ0) is 13.6. The first kappa shape index (κ1) is 11.4. The number of hydrogen-bond acceptors (Lipinski definition) is 4. The third-order valence-electron chi connectivity index (χ3n) is 3.15. The van der Waals surface area contributed by atoms with Crippen LogP contribution < -0.4 is 10.6 Å². The van der Waals surface area contributed by atoms with E-state index in [0.29, 0.717) is 22.5 Å². The largest absolute Gasteiger partial charge is 0.399 e. The van der Waals surface area contributed by atoms with Gasteiger partial charge in [-0.1, -0.05) is 0 Å². The number of amides is 2. The van der Waals surface area contributed by atoms with Crippen LogP contribution in [0.15, 0.2) is 36.7 Å². The number of nitrogens with two attached hydrogens (primary N) is 1. The van der Waals surface area contributed by atoms with Gasteiger partial charge in [0.1, 0.15) is 0 Å². The SMILES string of the molecule is Cc1cc(N)ccc1N1C(=O)c2ccncc2C1=O. The maximum Gasteiger partial charge on any atom is 0.267 e. The summed E-state index contributed by atoms with van der Waals surface area (Å²) < 4.78 is 0. The van der Waals surface area contributed by atoms with E-state index in [2.05, 4.69) is 4.98 Å². The number of anilines is 2. The summed E-state index contributed by atoms with van der Waals surface area (Å²) in [5, 5.41) is 0. The van der Waals surface area contributed by atoms with Gasteiger partial charge in [-0.2, -0.15) is 0 Å². The lowest BCUT2D eigenvalue weighted by atomic mass is 10.1. The lowest BCUT2D eigenvalue weighted by molar-refractivity contribution is 0.0926. The average molecular weight is 253 g/mol. The Kier molecular flexibility index (Phi) is 2.35. The minimum Gasteiger partial charge on any atom is -0.399 e. The van der Waals surface area contributed by atoms with Crippen molar-refractivity contribution in [3.63, 3.8) is 0 Å². The average Bonchev–Trinajstić information content (AvgIpc) is 2.64. The standard InChI is InChI=1S/C14H11N3O2/c1-8-6-9(15)2-3-12(8)17-13(18)10-4-5-16-7-11(10)14(17)19/h2-7H,15H2,1H3. The second-order valence-electron chi connectivity index (χ2n) is 4.41. The van der Waals surface area contributed by atoms with E-state index in [1.807, 2.05) is 6.92 Å². The molecule has 2 aromatic rings. The lowest BCUT2D eigenvalue weighted by Crippen LogP contribution is -2.30. The molecule has 0 saturated heterocycles. The number of pyridine rings is 1. The number of benzene rings is 1. The molecule has 3 rings (SSSR count). The molecule has 5 heteroatoms. The molecular formula is C14H11N3O2. The Hall–Kier alpha value is -2.69. The summed E-state index contributed by atoms with van der Waals surface area (Å²) in [4.78, 5) is 29.6. The van der Waals surface area contributed by atoms with E-state index >= 15 is 0 Å². The van der Waals surface area contributed by atoms with Crippen LogP contribution in [0.25, 0.3) is 0 Å². The van der Waals surface area contributed by atoms with Crippen molar-refractivity contribution in [3.8, 4) is 0 Å². The van der Waals surface area contributed by atoms with Crippen LogP contribution in [0.2, 0.25) is 0 Å². The van der Waals surface area contributed by atoms with Crippen molar-refractivity contribution in [2.45, 2.75) is 6.92 Å². The minimum absolute atomic E-state index is 0.324. The van der Waals surface area contributed by atoms with Crippen molar-refractivity contribution < 1.29 is 9.59 Å². The Morgan fingerprint density at radius 2 is 1.84 bits per heavy atom. The van der Waals surface area contributed by atoms with Crippen LogP contribution >= 0.6 is 0 Å². The van der Waals surface area contributed by atoms with Crippen LogP contribution in [0.4, 0.5) is 11.4 Å². The zero-order valence-electron chi connectivity index (χ0n) is 10.3. The second kappa shape index (κ2) is 3.91. The van der Waals surface area contributed by atoms with Gasteiger partial charge < -0.3 is 5.73 Å². The van der Waals surface area contributed by atoms with E-state index in [4.69, 9.17) is 5.73 Å². The van der Waals surface area contributed by atoms with E-state index in [0.717, 1.165) is 5.56 Å². The molecule has 5 nitrogen and oxygen atoms in total. The van der Waals surface area contributed by atoms with Gasteiger partial charge in [-0.15, -0.1) is 0 Å².